The molecule has 2 aliphatic heterocycles. The summed E-state index contributed by atoms with van der Waals surface area (Å²) in [6.07, 6.45) is 6.52. The molecule has 2 aliphatic rings. The fraction of sp³-hybridized carbons (Fsp3) is 0.400. The van der Waals surface area contributed by atoms with Crippen LogP contribution in [-0.2, 0) is 17.9 Å². The minimum Gasteiger partial charge on any atom is -0.614 e. The van der Waals surface area contributed by atoms with Gasteiger partial charge >= 0.3 is 11.5 Å². The number of anilines is 1. The van der Waals surface area contributed by atoms with Gasteiger partial charge in [0.2, 0.25) is 5.91 Å². The van der Waals surface area contributed by atoms with Gasteiger partial charge in [0.25, 0.3) is 0 Å². The SMILES string of the molecule is [N-]=[NH+]c1cc(CN2CCC(C(=O)N3CCC(n4c(=O)n(Cc5ccnc(N)c5)c5ccccc54)CC3)CC2)ccn1. The molecule has 2 saturated heterocycles. The highest BCUT2D eigenvalue weighted by Crippen LogP contribution is 2.29. The van der Waals surface area contributed by atoms with Crippen LogP contribution in [0.1, 0.15) is 42.9 Å². The summed E-state index contributed by atoms with van der Waals surface area (Å²) in [5.74, 6) is 1.14. The fourth-order valence-corrected chi connectivity index (χ4v) is 6.35. The number of imidazole rings is 1. The van der Waals surface area contributed by atoms with Crippen molar-refractivity contribution in [2.45, 2.75) is 44.8 Å². The van der Waals surface area contributed by atoms with Crippen LogP contribution in [0.3, 0.4) is 0 Å². The van der Waals surface area contributed by atoms with E-state index in [1.54, 1.807) is 18.5 Å². The Labute approximate surface area is 238 Å². The number of nitrogens with two attached hydrogens (primary N) is 1. The Hall–Kier alpha value is -4.38. The van der Waals surface area contributed by atoms with Gasteiger partial charge in [-0.1, -0.05) is 17.1 Å². The van der Waals surface area contributed by atoms with Crippen molar-refractivity contribution >= 4 is 28.6 Å². The van der Waals surface area contributed by atoms with Crippen molar-refractivity contribution in [2.24, 2.45) is 5.92 Å². The summed E-state index contributed by atoms with van der Waals surface area (Å²) in [5.41, 5.74) is 18.8. The van der Waals surface area contributed by atoms with Crippen LogP contribution >= 0.6 is 0 Å². The zero-order valence-corrected chi connectivity index (χ0v) is 23.0. The van der Waals surface area contributed by atoms with Crippen LogP contribution in [0.25, 0.3) is 16.6 Å². The topological polar surface area (TPSA) is 139 Å². The number of hydrogen-bond donors (Lipinski definition) is 2. The molecule has 1 amide bonds. The molecule has 41 heavy (non-hydrogen) atoms. The Balaban J connectivity index is 1.09. The third-order valence-electron chi connectivity index (χ3n) is 8.48. The highest BCUT2D eigenvalue weighted by atomic mass is 16.2. The minimum absolute atomic E-state index is 0.0326. The van der Waals surface area contributed by atoms with Gasteiger partial charge in [-0.25, -0.2) is 9.78 Å². The number of nitrogen functional groups attached to an aromatic ring is 1. The van der Waals surface area contributed by atoms with Crippen molar-refractivity contribution in [3.05, 3.63) is 88.1 Å². The summed E-state index contributed by atoms with van der Waals surface area (Å²) in [4.78, 5) is 39.6. The van der Waals surface area contributed by atoms with Crippen LogP contribution in [0, 0.1) is 5.92 Å². The van der Waals surface area contributed by atoms with Gasteiger partial charge in [0, 0.05) is 43.9 Å². The molecule has 0 aliphatic carbocycles. The number of piperidine rings is 2. The molecule has 6 rings (SSSR count). The van der Waals surface area contributed by atoms with E-state index in [0.29, 0.717) is 31.3 Å². The number of rotatable bonds is 7. The maximum absolute atomic E-state index is 13.7. The molecule has 2 fully saturated rings. The second-order valence-electron chi connectivity index (χ2n) is 11.1. The van der Waals surface area contributed by atoms with Gasteiger partial charge in [-0.2, -0.15) is 0 Å². The number of amides is 1. The minimum atomic E-state index is -0.0326. The lowest BCUT2D eigenvalue weighted by Crippen LogP contribution is -2.55. The molecule has 1 aromatic carbocycles. The Bertz CT molecular complexity index is 1610. The third-order valence-corrected chi connectivity index (χ3v) is 8.48. The number of likely N-dealkylation sites (tertiary alicyclic amines) is 2. The number of fused-ring (bicyclic) bond motifs is 1. The fourth-order valence-electron chi connectivity index (χ4n) is 6.35. The van der Waals surface area contributed by atoms with Crippen LogP contribution in [0.15, 0.2) is 65.7 Å². The van der Waals surface area contributed by atoms with E-state index in [1.165, 1.54) is 0 Å². The van der Waals surface area contributed by atoms with E-state index in [2.05, 4.69) is 20.0 Å². The zero-order valence-electron chi connectivity index (χ0n) is 23.0. The third kappa shape index (κ3) is 5.62. The molecule has 3 aromatic heterocycles. The highest BCUT2D eigenvalue weighted by molar-refractivity contribution is 5.79. The van der Waals surface area contributed by atoms with Gasteiger partial charge in [-0.3, -0.25) is 18.8 Å². The van der Waals surface area contributed by atoms with Crippen LogP contribution in [0.5, 0.6) is 0 Å². The predicted molar refractivity (Wildman–Crippen MR) is 155 cm³/mol. The first kappa shape index (κ1) is 26.8. The number of para-hydroxylation sites is 2. The van der Waals surface area contributed by atoms with E-state index in [0.717, 1.165) is 67.5 Å². The van der Waals surface area contributed by atoms with Crippen molar-refractivity contribution in [3.8, 4) is 0 Å². The summed E-state index contributed by atoms with van der Waals surface area (Å²) in [6.45, 7) is 4.22. The van der Waals surface area contributed by atoms with E-state index in [1.807, 2.05) is 56.5 Å². The zero-order chi connectivity index (χ0) is 28.3. The first-order chi connectivity index (χ1) is 20.0. The first-order valence-electron chi connectivity index (χ1n) is 14.3. The van der Waals surface area contributed by atoms with Gasteiger partial charge in [0.15, 0.2) is 0 Å². The molecule has 0 atom stereocenters. The van der Waals surface area contributed by atoms with E-state index in [9.17, 15) is 9.59 Å². The summed E-state index contributed by atoms with van der Waals surface area (Å²) >= 11 is 0. The molecule has 3 N–H and O–H groups in total. The number of aromatic nitrogens is 4. The summed E-state index contributed by atoms with van der Waals surface area (Å²) < 4.78 is 3.74. The highest BCUT2D eigenvalue weighted by Gasteiger charge is 2.32. The maximum Gasteiger partial charge on any atom is 0.329 e. The Morgan fingerprint density at radius 3 is 2.29 bits per heavy atom. The number of benzene rings is 1. The number of pyridine rings is 2. The number of carbonyl (C=O) groups excluding carboxylic acids is 1. The van der Waals surface area contributed by atoms with Crippen LogP contribution in [-0.4, -0.2) is 61.0 Å². The average Bonchev–Trinajstić information content (AvgIpc) is 3.28. The van der Waals surface area contributed by atoms with Gasteiger partial charge in [-0.05, 0) is 80.2 Å². The largest absolute Gasteiger partial charge is 0.614 e. The second-order valence-corrected chi connectivity index (χ2v) is 11.1. The average molecular weight is 554 g/mol. The van der Waals surface area contributed by atoms with E-state index >= 15 is 0 Å². The van der Waals surface area contributed by atoms with Crippen LogP contribution in [0.4, 0.5) is 11.6 Å². The lowest BCUT2D eigenvalue weighted by molar-refractivity contribution is -0.384. The van der Waals surface area contributed by atoms with Crippen LogP contribution in [0.2, 0.25) is 0 Å². The molecule has 0 radical (unpaired) electrons. The number of nitrogens with zero attached hydrogens (tertiary/aromatic N) is 7. The monoisotopic (exact) mass is 553 g/mol. The quantitative estimate of drug-likeness (QED) is 0.336. The molecule has 11 heteroatoms. The van der Waals surface area contributed by atoms with Crippen molar-refractivity contribution in [2.75, 3.05) is 31.9 Å². The van der Waals surface area contributed by atoms with E-state index in [4.69, 9.17) is 11.3 Å². The Morgan fingerprint density at radius 2 is 1.59 bits per heavy atom. The standard InChI is InChI=1S/C30H35N9O2/c31-27-17-21(5-11-33-27)20-38-25-3-1-2-4-26(25)39(30(38)41)24-9-15-37(16-10-24)29(40)23-7-13-36(14-8-23)19-22-6-12-34-28(18-22)35-32/h1-6,11-12,17-18,23-24,35H,7-10,13-16,19-20H2,(H2,31,33). The molecule has 212 valence electrons. The van der Waals surface area contributed by atoms with Crippen molar-refractivity contribution in [1.29, 1.82) is 0 Å². The molecule has 0 saturated carbocycles. The summed E-state index contributed by atoms with van der Waals surface area (Å²) in [5, 5.41) is 2.09. The lowest BCUT2D eigenvalue weighted by Gasteiger charge is -2.37. The number of carbonyl (C=O) groups is 1. The molecule has 0 spiro atoms. The van der Waals surface area contributed by atoms with E-state index in [-0.39, 0.29) is 23.6 Å². The lowest BCUT2D eigenvalue weighted by atomic mass is 9.93. The van der Waals surface area contributed by atoms with Gasteiger partial charge in [-0.15, -0.1) is 0 Å². The molecule has 11 nitrogen and oxygen atoms in total. The molecular formula is C30H35N9O2. The summed E-state index contributed by atoms with van der Waals surface area (Å²) in [6, 6.07) is 15.4. The van der Waals surface area contributed by atoms with Crippen molar-refractivity contribution in [3.63, 3.8) is 0 Å². The first-order valence-corrected chi connectivity index (χ1v) is 14.3. The smallest absolute Gasteiger partial charge is 0.329 e. The number of nitrogens with one attached hydrogen (secondary N) is 1. The number of hydrogen-bond acceptors (Lipinski definition) is 6. The predicted octanol–water partition coefficient (Wildman–Crippen LogP) is 2.03. The molecule has 4 aromatic rings. The van der Waals surface area contributed by atoms with Crippen molar-refractivity contribution < 1.29 is 9.91 Å². The van der Waals surface area contributed by atoms with Gasteiger partial charge in [0.05, 0.1) is 17.6 Å². The van der Waals surface area contributed by atoms with Crippen LogP contribution < -0.4 is 16.5 Å². The molecule has 0 unspecified atom stereocenters. The molecule has 0 bridgehead atoms. The summed E-state index contributed by atoms with van der Waals surface area (Å²) in [7, 11) is 0. The van der Waals surface area contributed by atoms with Crippen molar-refractivity contribution in [1.82, 2.24) is 28.9 Å². The maximum atomic E-state index is 13.7. The molecule has 5 heterocycles. The van der Waals surface area contributed by atoms with Gasteiger partial charge in [0.1, 0.15) is 12.0 Å². The Morgan fingerprint density at radius 1 is 0.902 bits per heavy atom. The van der Waals surface area contributed by atoms with Gasteiger partial charge < -0.3 is 21.3 Å². The second kappa shape index (κ2) is 11.6. The normalized spacial score (nSPS) is 17.2. The Kier molecular flexibility index (Phi) is 7.60. The van der Waals surface area contributed by atoms with E-state index < -0.39 is 0 Å². The molecular weight excluding hydrogens is 518 g/mol.